The zero-order valence-corrected chi connectivity index (χ0v) is 13.7. The highest BCUT2D eigenvalue weighted by atomic mass is 16.7. The van der Waals surface area contributed by atoms with E-state index in [2.05, 4.69) is 25.1 Å². The Balaban J connectivity index is 1.78. The van der Waals surface area contributed by atoms with E-state index in [1.165, 1.54) is 11.1 Å². The van der Waals surface area contributed by atoms with Gasteiger partial charge in [-0.05, 0) is 49.8 Å². The normalized spacial score (nSPS) is 13.5. The predicted octanol–water partition coefficient (Wildman–Crippen LogP) is 4.83. The number of carbonyl (C=O) groups is 1. The van der Waals surface area contributed by atoms with E-state index < -0.39 is 0 Å². The van der Waals surface area contributed by atoms with Crippen molar-refractivity contribution in [2.45, 2.75) is 58.8 Å². The molecule has 0 N–H and O–H groups in total. The third kappa shape index (κ3) is 4.90. The molecule has 3 heteroatoms. The Kier molecular flexibility index (Phi) is 6.50. The van der Waals surface area contributed by atoms with E-state index in [0.29, 0.717) is 19.0 Å². The van der Waals surface area contributed by atoms with E-state index in [-0.39, 0.29) is 0 Å². The molecule has 0 radical (unpaired) electrons. The van der Waals surface area contributed by atoms with Gasteiger partial charge in [-0.3, -0.25) is 4.79 Å². The first-order valence-corrected chi connectivity index (χ1v) is 8.31. The number of hydrogen-bond acceptors (Lipinski definition) is 3. The number of rotatable bonds is 9. The highest BCUT2D eigenvalue weighted by Crippen LogP contribution is 2.32. The number of allylic oxidation sites excluding steroid dienone is 2. The van der Waals surface area contributed by atoms with Gasteiger partial charge in [0.2, 0.25) is 6.79 Å². The van der Waals surface area contributed by atoms with Gasteiger partial charge < -0.3 is 9.47 Å². The van der Waals surface area contributed by atoms with Crippen LogP contribution in [0.25, 0.3) is 0 Å². The fourth-order valence-electron chi connectivity index (χ4n) is 2.65. The van der Waals surface area contributed by atoms with Crippen LogP contribution in [0.3, 0.4) is 0 Å². The van der Waals surface area contributed by atoms with E-state index >= 15 is 0 Å². The minimum absolute atomic E-state index is 0.329. The van der Waals surface area contributed by atoms with Crippen LogP contribution in [-0.2, 0) is 11.2 Å². The van der Waals surface area contributed by atoms with Crippen molar-refractivity contribution in [3.63, 3.8) is 0 Å². The van der Waals surface area contributed by atoms with Crippen molar-refractivity contribution >= 4 is 5.78 Å². The topological polar surface area (TPSA) is 35.5 Å². The van der Waals surface area contributed by atoms with Crippen LogP contribution < -0.4 is 9.47 Å². The van der Waals surface area contributed by atoms with Gasteiger partial charge in [0.25, 0.3) is 0 Å². The van der Waals surface area contributed by atoms with E-state index in [9.17, 15) is 4.79 Å². The molecule has 1 aromatic rings. The average molecular weight is 302 g/mol. The molecule has 1 aromatic carbocycles. The van der Waals surface area contributed by atoms with Crippen LogP contribution in [0, 0.1) is 0 Å². The molecular weight excluding hydrogens is 276 g/mol. The molecule has 1 aliphatic rings. The summed E-state index contributed by atoms with van der Waals surface area (Å²) in [7, 11) is 0. The van der Waals surface area contributed by atoms with Crippen LogP contribution >= 0.6 is 0 Å². The Morgan fingerprint density at radius 3 is 2.73 bits per heavy atom. The smallest absolute Gasteiger partial charge is 0.231 e. The first-order chi connectivity index (χ1) is 10.7. The van der Waals surface area contributed by atoms with Gasteiger partial charge in [-0.25, -0.2) is 0 Å². The van der Waals surface area contributed by atoms with Gasteiger partial charge in [0, 0.05) is 12.8 Å². The fourth-order valence-corrected chi connectivity index (χ4v) is 2.65. The number of benzene rings is 1. The molecular formula is C19H26O3. The van der Waals surface area contributed by atoms with Gasteiger partial charge in [-0.1, -0.05) is 31.6 Å². The maximum atomic E-state index is 11.3. The van der Waals surface area contributed by atoms with Gasteiger partial charge in [0.05, 0.1) is 0 Å². The van der Waals surface area contributed by atoms with Crippen LogP contribution in [0.2, 0.25) is 0 Å². The molecule has 0 aliphatic carbocycles. The van der Waals surface area contributed by atoms with Crippen molar-refractivity contribution < 1.29 is 14.3 Å². The number of hydrogen-bond donors (Lipinski definition) is 0. The van der Waals surface area contributed by atoms with Crippen molar-refractivity contribution in [1.82, 2.24) is 0 Å². The maximum Gasteiger partial charge on any atom is 0.231 e. The number of Topliss-reactive ketones (excluding diaryl/α,β-unsaturated/α-hetero) is 1. The molecule has 0 aromatic heterocycles. The standard InChI is InChI=1S/C19H26O3/c1-3-15(8-6-10-17(20)4-2)7-5-9-16-11-12-18-19(13-16)22-14-21-18/h7,11-13H,3-6,8-10,14H2,1-2H3/b15-7+. The number of carbonyl (C=O) groups excluding carboxylic acids is 1. The van der Waals surface area contributed by atoms with Crippen molar-refractivity contribution in [2.24, 2.45) is 0 Å². The molecule has 2 rings (SSSR count). The fraction of sp³-hybridized carbons (Fsp3) is 0.526. The van der Waals surface area contributed by atoms with Gasteiger partial charge in [0.15, 0.2) is 11.5 Å². The monoisotopic (exact) mass is 302 g/mol. The van der Waals surface area contributed by atoms with Crippen molar-refractivity contribution in [1.29, 1.82) is 0 Å². The van der Waals surface area contributed by atoms with E-state index in [4.69, 9.17) is 9.47 Å². The minimum Gasteiger partial charge on any atom is -0.454 e. The van der Waals surface area contributed by atoms with Crippen LogP contribution in [0.15, 0.2) is 29.8 Å². The molecule has 0 spiro atoms. The summed E-state index contributed by atoms with van der Waals surface area (Å²) < 4.78 is 10.7. The third-order valence-electron chi connectivity index (χ3n) is 4.10. The summed E-state index contributed by atoms with van der Waals surface area (Å²) >= 11 is 0. The molecule has 0 amide bonds. The lowest BCUT2D eigenvalue weighted by Crippen LogP contribution is -1.95. The lowest BCUT2D eigenvalue weighted by Gasteiger charge is -2.05. The Labute approximate surface area is 133 Å². The second kappa shape index (κ2) is 8.62. The molecule has 22 heavy (non-hydrogen) atoms. The summed E-state index contributed by atoms with van der Waals surface area (Å²) in [5.41, 5.74) is 2.74. The van der Waals surface area contributed by atoms with Crippen molar-refractivity contribution in [3.8, 4) is 11.5 Å². The SMILES string of the molecule is CCC(=O)CCC/C(=C/CCc1ccc2c(c1)OCO2)CC. The quantitative estimate of drug-likeness (QED) is 0.613. The summed E-state index contributed by atoms with van der Waals surface area (Å²) in [5, 5.41) is 0. The van der Waals surface area contributed by atoms with Crippen molar-refractivity contribution in [2.75, 3.05) is 6.79 Å². The van der Waals surface area contributed by atoms with Gasteiger partial charge in [-0.2, -0.15) is 0 Å². The number of ether oxygens (including phenoxy) is 2. The summed E-state index contributed by atoms with van der Waals surface area (Å²) in [4.78, 5) is 11.3. The lowest BCUT2D eigenvalue weighted by atomic mass is 10.0. The first-order valence-electron chi connectivity index (χ1n) is 8.31. The highest BCUT2D eigenvalue weighted by Gasteiger charge is 2.12. The van der Waals surface area contributed by atoms with Crippen LogP contribution in [0.5, 0.6) is 11.5 Å². The zero-order chi connectivity index (χ0) is 15.8. The van der Waals surface area contributed by atoms with Gasteiger partial charge in [-0.15, -0.1) is 0 Å². The van der Waals surface area contributed by atoms with Gasteiger partial charge >= 0.3 is 0 Å². The molecule has 1 aliphatic heterocycles. The number of aryl methyl sites for hydroxylation is 1. The van der Waals surface area contributed by atoms with E-state index in [1.807, 2.05) is 13.0 Å². The second-order valence-electron chi connectivity index (χ2n) is 5.69. The summed E-state index contributed by atoms with van der Waals surface area (Å²) in [5.74, 6) is 2.07. The van der Waals surface area contributed by atoms with E-state index in [0.717, 1.165) is 50.0 Å². The molecule has 0 atom stereocenters. The Hall–Kier alpha value is -1.77. The Bertz CT molecular complexity index is 531. The summed E-state index contributed by atoms with van der Waals surface area (Å²) in [6.45, 7) is 4.45. The molecule has 120 valence electrons. The molecule has 0 bridgehead atoms. The predicted molar refractivity (Wildman–Crippen MR) is 88.4 cm³/mol. The highest BCUT2D eigenvalue weighted by molar-refractivity contribution is 5.77. The van der Waals surface area contributed by atoms with E-state index in [1.54, 1.807) is 0 Å². The lowest BCUT2D eigenvalue weighted by molar-refractivity contribution is -0.118. The Morgan fingerprint density at radius 1 is 1.14 bits per heavy atom. The maximum absolute atomic E-state index is 11.3. The molecule has 0 unspecified atom stereocenters. The van der Waals surface area contributed by atoms with Gasteiger partial charge in [0.1, 0.15) is 5.78 Å². The molecule has 1 heterocycles. The van der Waals surface area contributed by atoms with Crippen molar-refractivity contribution in [3.05, 3.63) is 35.4 Å². The number of ketones is 1. The molecule has 0 saturated heterocycles. The van der Waals surface area contributed by atoms with Crippen LogP contribution in [0.1, 0.15) is 57.9 Å². The second-order valence-corrected chi connectivity index (χ2v) is 5.69. The molecule has 0 fully saturated rings. The van der Waals surface area contributed by atoms with Crippen LogP contribution in [0.4, 0.5) is 0 Å². The third-order valence-corrected chi connectivity index (χ3v) is 4.10. The molecule has 0 saturated carbocycles. The average Bonchev–Trinajstić information content (AvgIpc) is 3.00. The van der Waals surface area contributed by atoms with Crippen LogP contribution in [-0.4, -0.2) is 12.6 Å². The largest absolute Gasteiger partial charge is 0.454 e. The molecule has 3 nitrogen and oxygen atoms in total. The number of fused-ring (bicyclic) bond motifs is 1. The summed E-state index contributed by atoms with van der Waals surface area (Å²) in [6.07, 6.45) is 8.85. The minimum atomic E-state index is 0.329. The zero-order valence-electron chi connectivity index (χ0n) is 13.7. The summed E-state index contributed by atoms with van der Waals surface area (Å²) in [6, 6.07) is 6.16. The Morgan fingerprint density at radius 2 is 1.95 bits per heavy atom. The first kappa shape index (κ1) is 16.6.